The molecule has 2 aliphatic rings. The number of carbonyl (C=O) groups excluding carboxylic acids is 1. The fourth-order valence-electron chi connectivity index (χ4n) is 4.89. The van der Waals surface area contributed by atoms with Crippen molar-refractivity contribution in [2.75, 3.05) is 13.1 Å². The highest BCUT2D eigenvalue weighted by Crippen LogP contribution is 2.44. The number of ether oxygens (including phenoxy) is 1. The monoisotopic (exact) mass is 448 g/mol. The van der Waals surface area contributed by atoms with Gasteiger partial charge in [-0.1, -0.05) is 12.1 Å². The first-order valence-electron chi connectivity index (χ1n) is 11.1. The lowest BCUT2D eigenvalue weighted by atomic mass is 9.96. The lowest BCUT2D eigenvalue weighted by Gasteiger charge is -2.43. The van der Waals surface area contributed by atoms with Crippen LogP contribution in [0, 0.1) is 5.82 Å². The van der Waals surface area contributed by atoms with E-state index in [4.69, 9.17) is 4.74 Å². The summed E-state index contributed by atoms with van der Waals surface area (Å²) in [5.41, 5.74) is 0.148. The van der Waals surface area contributed by atoms with Crippen LogP contribution >= 0.6 is 0 Å². The van der Waals surface area contributed by atoms with Gasteiger partial charge in [0.25, 0.3) is 0 Å². The summed E-state index contributed by atoms with van der Waals surface area (Å²) in [6.07, 6.45) is 0.255. The van der Waals surface area contributed by atoms with E-state index in [9.17, 15) is 9.18 Å². The molecule has 8 nitrogen and oxygen atoms in total. The number of benzene rings is 1. The lowest BCUT2D eigenvalue weighted by Crippen LogP contribution is -2.57. The smallest absolute Gasteiger partial charge is 0.410 e. The van der Waals surface area contributed by atoms with Crippen molar-refractivity contribution in [2.24, 2.45) is 0 Å². The molecule has 32 heavy (non-hydrogen) atoms. The van der Waals surface area contributed by atoms with Gasteiger partial charge in [0, 0.05) is 24.0 Å². The molecule has 2 aromatic rings. The summed E-state index contributed by atoms with van der Waals surface area (Å²) in [5.74, 6) is -0.967. The number of hydrogen-bond donors (Lipinski definition) is 1. The van der Waals surface area contributed by atoms with Crippen LogP contribution in [0.25, 0.3) is 0 Å². The Kier molecular flexibility index (Phi) is 6.41. The molecule has 0 bridgehead atoms. The van der Waals surface area contributed by atoms with Crippen molar-refractivity contribution in [3.63, 3.8) is 0 Å². The van der Waals surface area contributed by atoms with Crippen molar-refractivity contribution in [1.82, 2.24) is 30.4 Å². The summed E-state index contributed by atoms with van der Waals surface area (Å²) in [5, 5.41) is 15.1. The molecule has 174 valence electrons. The number of aromatic nitrogens is 4. The third kappa shape index (κ3) is 4.60. The molecule has 2 heterocycles. The van der Waals surface area contributed by atoms with Gasteiger partial charge in [-0.3, -0.25) is 4.90 Å². The third-order valence-corrected chi connectivity index (χ3v) is 6.32. The quantitative estimate of drug-likeness (QED) is 0.773. The molecule has 1 amide bonds. The second-order valence-electron chi connectivity index (χ2n) is 9.55. The van der Waals surface area contributed by atoms with E-state index in [2.05, 4.69) is 20.7 Å². The fourth-order valence-corrected chi connectivity index (χ4v) is 4.89. The van der Waals surface area contributed by atoms with Crippen molar-refractivity contribution >= 4 is 6.09 Å². The van der Waals surface area contributed by atoms with Gasteiger partial charge in [-0.2, -0.15) is 4.80 Å². The van der Waals surface area contributed by atoms with E-state index in [0.29, 0.717) is 18.5 Å². The van der Waals surface area contributed by atoms with Crippen LogP contribution in [-0.4, -0.2) is 68.1 Å². The molecule has 4 rings (SSSR count). The van der Waals surface area contributed by atoms with Gasteiger partial charge in [-0.15, -0.1) is 10.2 Å². The Bertz CT molecular complexity index is 896. The van der Waals surface area contributed by atoms with E-state index < -0.39 is 35.9 Å². The van der Waals surface area contributed by atoms with Crippen molar-refractivity contribution < 1.29 is 18.3 Å². The average molecular weight is 449 g/mol. The highest BCUT2D eigenvalue weighted by atomic mass is 19.1. The molecule has 1 aliphatic heterocycles. The molecular formula is C22H30F2N6O2. The Morgan fingerprint density at radius 2 is 2.03 bits per heavy atom. The molecule has 2 fully saturated rings. The van der Waals surface area contributed by atoms with Gasteiger partial charge < -0.3 is 10.1 Å². The molecule has 0 spiro atoms. The molecule has 1 saturated carbocycles. The summed E-state index contributed by atoms with van der Waals surface area (Å²) in [4.78, 5) is 16.4. The van der Waals surface area contributed by atoms with Crippen LogP contribution in [-0.2, 0) is 4.74 Å². The zero-order chi connectivity index (χ0) is 22.9. The van der Waals surface area contributed by atoms with E-state index in [1.807, 2.05) is 20.8 Å². The summed E-state index contributed by atoms with van der Waals surface area (Å²) in [6.45, 7) is 7.42. The molecule has 5 atom stereocenters. The Morgan fingerprint density at radius 1 is 1.28 bits per heavy atom. The van der Waals surface area contributed by atoms with E-state index in [0.717, 1.165) is 19.4 Å². The zero-order valence-electron chi connectivity index (χ0n) is 18.6. The lowest BCUT2D eigenvalue weighted by molar-refractivity contribution is -0.0177. The Balaban J connectivity index is 1.60. The van der Waals surface area contributed by atoms with E-state index in [1.165, 1.54) is 23.3 Å². The number of carbonyl (C=O) groups is 1. The second kappa shape index (κ2) is 9.09. The largest absolute Gasteiger partial charge is 0.441 e. The molecule has 5 unspecified atom stereocenters. The molecule has 1 N–H and O–H groups in total. The van der Waals surface area contributed by atoms with Crippen LogP contribution in [0.15, 0.2) is 30.6 Å². The molecular weight excluding hydrogens is 418 g/mol. The SMILES string of the molecule is CC(C)(C)N(C(=O)OC1C(F)C(c2ccc(F)cc2)CC1n1ncnn1)C1CCCNC1. The second-order valence-corrected chi connectivity index (χ2v) is 9.55. The van der Waals surface area contributed by atoms with E-state index in [1.54, 1.807) is 17.0 Å². The van der Waals surface area contributed by atoms with Crippen LogP contribution in [0.1, 0.15) is 57.6 Å². The number of tetrazole rings is 1. The summed E-state index contributed by atoms with van der Waals surface area (Å²) < 4.78 is 35.0. The Morgan fingerprint density at radius 3 is 2.62 bits per heavy atom. The van der Waals surface area contributed by atoms with Crippen LogP contribution < -0.4 is 5.32 Å². The maximum Gasteiger partial charge on any atom is 0.410 e. The minimum Gasteiger partial charge on any atom is -0.441 e. The minimum absolute atomic E-state index is 0.0356. The van der Waals surface area contributed by atoms with Gasteiger partial charge in [0.1, 0.15) is 18.0 Å². The first-order valence-corrected chi connectivity index (χ1v) is 11.1. The number of hydrogen-bond acceptors (Lipinski definition) is 6. The number of piperidine rings is 1. The Hall–Kier alpha value is -2.62. The molecule has 1 aromatic carbocycles. The summed E-state index contributed by atoms with van der Waals surface area (Å²) >= 11 is 0. The highest BCUT2D eigenvalue weighted by Gasteiger charge is 2.50. The number of nitrogens with one attached hydrogen (secondary N) is 1. The molecule has 1 aliphatic carbocycles. The van der Waals surface area contributed by atoms with Crippen LogP contribution in [0.3, 0.4) is 0 Å². The number of nitrogens with zero attached hydrogens (tertiary/aromatic N) is 5. The summed E-state index contributed by atoms with van der Waals surface area (Å²) in [7, 11) is 0. The maximum atomic E-state index is 15.8. The molecule has 1 aromatic heterocycles. The predicted molar refractivity (Wildman–Crippen MR) is 113 cm³/mol. The number of amides is 1. The standard InChI is InChI=1S/C22H30F2N6O2/c1-22(2,3)29(16-5-4-10-25-12-16)21(31)32-20-18(30-27-13-26-28-30)11-17(19(20)24)14-6-8-15(23)9-7-14/h6-9,13,16-20,25H,4-5,10-12H2,1-3H3. The third-order valence-electron chi connectivity index (χ3n) is 6.32. The van der Waals surface area contributed by atoms with Gasteiger partial charge in [-0.25, -0.2) is 13.6 Å². The van der Waals surface area contributed by atoms with Gasteiger partial charge in [0.2, 0.25) is 0 Å². The first kappa shape index (κ1) is 22.6. The predicted octanol–water partition coefficient (Wildman–Crippen LogP) is 3.24. The van der Waals surface area contributed by atoms with Crippen LogP contribution in [0.4, 0.5) is 13.6 Å². The van der Waals surface area contributed by atoms with E-state index >= 15 is 4.39 Å². The Labute approximate surface area is 186 Å². The van der Waals surface area contributed by atoms with Crippen molar-refractivity contribution in [3.8, 4) is 0 Å². The van der Waals surface area contributed by atoms with Crippen LogP contribution in [0.2, 0.25) is 0 Å². The number of halogens is 2. The first-order chi connectivity index (χ1) is 15.3. The highest BCUT2D eigenvalue weighted by molar-refractivity contribution is 5.69. The van der Waals surface area contributed by atoms with Gasteiger partial charge in [-0.05, 0) is 69.5 Å². The van der Waals surface area contributed by atoms with Gasteiger partial charge in [0.05, 0.1) is 0 Å². The van der Waals surface area contributed by atoms with Crippen molar-refractivity contribution in [3.05, 3.63) is 42.0 Å². The molecule has 1 saturated heterocycles. The van der Waals surface area contributed by atoms with Crippen molar-refractivity contribution in [1.29, 1.82) is 0 Å². The van der Waals surface area contributed by atoms with Crippen LogP contribution in [0.5, 0.6) is 0 Å². The van der Waals surface area contributed by atoms with Crippen molar-refractivity contribution in [2.45, 2.75) is 75.8 Å². The average Bonchev–Trinajstić information content (AvgIpc) is 3.38. The normalized spacial score (nSPS) is 28.5. The van der Waals surface area contributed by atoms with Gasteiger partial charge >= 0.3 is 6.09 Å². The topological polar surface area (TPSA) is 85.2 Å². The number of rotatable bonds is 4. The fraction of sp³-hybridized carbons (Fsp3) is 0.636. The zero-order valence-corrected chi connectivity index (χ0v) is 18.6. The number of alkyl halides is 1. The minimum atomic E-state index is -1.49. The van der Waals surface area contributed by atoms with Gasteiger partial charge in [0.15, 0.2) is 12.4 Å². The summed E-state index contributed by atoms with van der Waals surface area (Å²) in [6, 6.07) is 5.10. The molecule has 10 heteroatoms. The molecule has 0 radical (unpaired) electrons. The maximum absolute atomic E-state index is 15.8. The van der Waals surface area contributed by atoms with E-state index in [-0.39, 0.29) is 11.9 Å².